The largest absolute Gasteiger partial charge is 0.484 e. The summed E-state index contributed by atoms with van der Waals surface area (Å²) in [5.41, 5.74) is 2.13. The van der Waals surface area contributed by atoms with Gasteiger partial charge in [-0.25, -0.2) is 15.0 Å². The van der Waals surface area contributed by atoms with E-state index >= 15 is 0 Å². The van der Waals surface area contributed by atoms with Crippen molar-refractivity contribution in [1.82, 2.24) is 20.3 Å². The molecule has 1 aromatic carbocycles. The molecule has 1 aliphatic heterocycles. The van der Waals surface area contributed by atoms with Crippen LogP contribution >= 0.6 is 0 Å². The van der Waals surface area contributed by atoms with Crippen LogP contribution in [0.15, 0.2) is 55.0 Å². The summed E-state index contributed by atoms with van der Waals surface area (Å²) in [5.74, 6) is 2.02. The van der Waals surface area contributed by atoms with E-state index in [0.29, 0.717) is 11.6 Å². The third kappa shape index (κ3) is 6.64. The molecule has 3 heterocycles. The highest BCUT2D eigenvalue weighted by Gasteiger charge is 2.14. The van der Waals surface area contributed by atoms with Gasteiger partial charge in [0.2, 0.25) is 0 Å². The van der Waals surface area contributed by atoms with E-state index in [0.717, 1.165) is 49.1 Å². The van der Waals surface area contributed by atoms with Crippen molar-refractivity contribution in [1.29, 1.82) is 0 Å². The van der Waals surface area contributed by atoms with Gasteiger partial charge >= 0.3 is 0 Å². The second kappa shape index (κ2) is 10.5. The minimum Gasteiger partial charge on any atom is -0.484 e. The average Bonchev–Trinajstić information content (AvgIpc) is 2.83. The van der Waals surface area contributed by atoms with E-state index in [-0.39, 0.29) is 18.1 Å². The minimum atomic E-state index is -0.301. The number of anilines is 3. The Kier molecular flexibility index (Phi) is 7.22. The third-order valence-corrected chi connectivity index (χ3v) is 5.04. The lowest BCUT2D eigenvalue weighted by Gasteiger charge is -2.27. The van der Waals surface area contributed by atoms with E-state index in [4.69, 9.17) is 9.47 Å². The molecule has 9 heteroatoms. The van der Waals surface area contributed by atoms with Crippen molar-refractivity contribution in [3.63, 3.8) is 0 Å². The van der Waals surface area contributed by atoms with E-state index in [1.165, 1.54) is 6.33 Å². The first-order valence-corrected chi connectivity index (χ1v) is 11.3. The first-order valence-electron chi connectivity index (χ1n) is 11.3. The SMILES string of the molecule is CC(C)(C)NC(=O)COc1cccc(-c2cc(Nc3ccc(N4CCOCC4)nc3)ncn2)c1. The van der Waals surface area contributed by atoms with Gasteiger partial charge in [-0.15, -0.1) is 0 Å². The highest BCUT2D eigenvalue weighted by atomic mass is 16.5. The van der Waals surface area contributed by atoms with Gasteiger partial charge in [0.15, 0.2) is 6.61 Å². The van der Waals surface area contributed by atoms with Crippen molar-refractivity contribution in [3.05, 3.63) is 55.0 Å². The topological polar surface area (TPSA) is 102 Å². The normalized spacial score (nSPS) is 13.9. The van der Waals surface area contributed by atoms with Crippen LogP contribution in [0, 0.1) is 0 Å². The highest BCUT2D eigenvalue weighted by Crippen LogP contribution is 2.25. The monoisotopic (exact) mass is 462 g/mol. The molecule has 3 aromatic rings. The van der Waals surface area contributed by atoms with Crippen LogP contribution in [0.1, 0.15) is 20.8 Å². The first-order chi connectivity index (χ1) is 16.4. The lowest BCUT2D eigenvalue weighted by Crippen LogP contribution is -2.43. The van der Waals surface area contributed by atoms with Crippen molar-refractivity contribution in [2.45, 2.75) is 26.3 Å². The molecule has 1 aliphatic rings. The number of pyridine rings is 1. The Labute approximate surface area is 199 Å². The number of nitrogens with one attached hydrogen (secondary N) is 2. The van der Waals surface area contributed by atoms with Crippen LogP contribution in [-0.4, -0.2) is 59.3 Å². The smallest absolute Gasteiger partial charge is 0.258 e. The summed E-state index contributed by atoms with van der Waals surface area (Å²) in [6, 6.07) is 13.3. The van der Waals surface area contributed by atoms with E-state index in [1.54, 1.807) is 6.20 Å². The molecule has 9 nitrogen and oxygen atoms in total. The predicted octanol–water partition coefficient (Wildman–Crippen LogP) is 3.41. The number of hydrogen-bond donors (Lipinski definition) is 2. The number of aromatic nitrogens is 3. The van der Waals surface area contributed by atoms with E-state index in [9.17, 15) is 4.79 Å². The number of ether oxygens (including phenoxy) is 2. The molecule has 0 atom stereocenters. The number of rotatable bonds is 7. The molecule has 1 saturated heterocycles. The average molecular weight is 463 g/mol. The van der Waals surface area contributed by atoms with Gasteiger partial charge in [-0.2, -0.15) is 0 Å². The Morgan fingerprint density at radius 3 is 2.65 bits per heavy atom. The molecular formula is C25H30N6O3. The Balaban J connectivity index is 1.40. The Morgan fingerprint density at radius 2 is 1.91 bits per heavy atom. The van der Waals surface area contributed by atoms with Gasteiger partial charge in [-0.3, -0.25) is 4.79 Å². The summed E-state index contributed by atoms with van der Waals surface area (Å²) in [7, 11) is 0. The summed E-state index contributed by atoms with van der Waals surface area (Å²) < 4.78 is 11.1. The van der Waals surface area contributed by atoms with Crippen LogP contribution in [0.2, 0.25) is 0 Å². The molecule has 0 spiro atoms. The van der Waals surface area contributed by atoms with Crippen LogP contribution in [0.3, 0.4) is 0 Å². The van der Waals surface area contributed by atoms with Gasteiger partial charge in [-0.1, -0.05) is 12.1 Å². The molecule has 0 unspecified atom stereocenters. The summed E-state index contributed by atoms with van der Waals surface area (Å²) in [5, 5.41) is 6.16. The lowest BCUT2D eigenvalue weighted by atomic mass is 10.1. The number of nitrogens with zero attached hydrogens (tertiary/aromatic N) is 4. The van der Waals surface area contributed by atoms with E-state index < -0.39 is 0 Å². The van der Waals surface area contributed by atoms with Crippen LogP contribution in [-0.2, 0) is 9.53 Å². The Morgan fingerprint density at radius 1 is 1.09 bits per heavy atom. The van der Waals surface area contributed by atoms with Gasteiger partial charge in [0.25, 0.3) is 5.91 Å². The zero-order valence-corrected chi connectivity index (χ0v) is 19.7. The number of carbonyl (C=O) groups excluding carboxylic acids is 1. The number of hydrogen-bond acceptors (Lipinski definition) is 8. The molecule has 0 aliphatic carbocycles. The zero-order chi connectivity index (χ0) is 24.0. The van der Waals surface area contributed by atoms with Gasteiger partial charge < -0.3 is 25.0 Å². The standard InChI is InChI=1S/C25H30N6O3/c1-25(2,3)30-24(32)16-34-20-6-4-5-18(13-20)21-14-22(28-17-27-21)29-19-7-8-23(26-15-19)31-9-11-33-12-10-31/h4-8,13-15,17H,9-12,16H2,1-3H3,(H,30,32)(H,27,28,29). The van der Waals surface area contributed by atoms with Crippen molar-refractivity contribution in [2.75, 3.05) is 43.1 Å². The molecule has 0 saturated carbocycles. The third-order valence-electron chi connectivity index (χ3n) is 5.04. The summed E-state index contributed by atoms with van der Waals surface area (Å²) in [6.45, 7) is 8.88. The van der Waals surface area contributed by atoms with Crippen molar-refractivity contribution < 1.29 is 14.3 Å². The van der Waals surface area contributed by atoms with Crippen LogP contribution in [0.25, 0.3) is 11.3 Å². The fraction of sp³-hybridized carbons (Fsp3) is 0.360. The predicted molar refractivity (Wildman–Crippen MR) is 131 cm³/mol. The van der Waals surface area contributed by atoms with Crippen molar-refractivity contribution in [3.8, 4) is 17.0 Å². The maximum absolute atomic E-state index is 12.0. The number of benzene rings is 1. The molecule has 0 bridgehead atoms. The molecule has 1 fully saturated rings. The quantitative estimate of drug-likeness (QED) is 0.551. The van der Waals surface area contributed by atoms with Crippen LogP contribution < -0.4 is 20.3 Å². The minimum absolute atomic E-state index is 0.0508. The molecule has 0 radical (unpaired) electrons. The van der Waals surface area contributed by atoms with E-state index in [2.05, 4.69) is 30.5 Å². The molecule has 1 amide bonds. The lowest BCUT2D eigenvalue weighted by molar-refractivity contribution is -0.124. The maximum atomic E-state index is 12.0. The molecule has 2 aromatic heterocycles. The second-order valence-corrected chi connectivity index (χ2v) is 9.03. The second-order valence-electron chi connectivity index (χ2n) is 9.03. The number of carbonyl (C=O) groups is 1. The van der Waals surface area contributed by atoms with Crippen molar-refractivity contribution >= 4 is 23.2 Å². The fourth-order valence-electron chi connectivity index (χ4n) is 3.52. The molecular weight excluding hydrogens is 432 g/mol. The van der Waals surface area contributed by atoms with Gasteiger partial charge in [0.05, 0.1) is 30.8 Å². The first kappa shape index (κ1) is 23.4. The number of morpholine rings is 1. The van der Waals surface area contributed by atoms with Crippen molar-refractivity contribution in [2.24, 2.45) is 0 Å². The van der Waals surface area contributed by atoms with Crippen LogP contribution in [0.4, 0.5) is 17.3 Å². The van der Waals surface area contributed by atoms with Gasteiger partial charge in [-0.05, 0) is 45.0 Å². The van der Waals surface area contributed by atoms with E-state index in [1.807, 2.05) is 63.2 Å². The number of amides is 1. The Hall–Kier alpha value is -3.72. The summed E-state index contributed by atoms with van der Waals surface area (Å²) in [4.78, 5) is 27.5. The summed E-state index contributed by atoms with van der Waals surface area (Å²) in [6.07, 6.45) is 3.31. The molecule has 2 N–H and O–H groups in total. The maximum Gasteiger partial charge on any atom is 0.258 e. The van der Waals surface area contributed by atoms with Gasteiger partial charge in [0, 0.05) is 30.3 Å². The zero-order valence-electron chi connectivity index (χ0n) is 19.7. The van der Waals surface area contributed by atoms with Gasteiger partial charge in [0.1, 0.15) is 23.7 Å². The van der Waals surface area contributed by atoms with Crippen LogP contribution in [0.5, 0.6) is 5.75 Å². The molecule has 34 heavy (non-hydrogen) atoms. The molecule has 4 rings (SSSR count). The summed E-state index contributed by atoms with van der Waals surface area (Å²) >= 11 is 0. The highest BCUT2D eigenvalue weighted by molar-refractivity contribution is 5.78. The molecule has 178 valence electrons. The Bertz CT molecular complexity index is 1110. The fourth-order valence-corrected chi connectivity index (χ4v) is 3.52.